The molecule has 1 unspecified atom stereocenters. The second-order valence-corrected chi connectivity index (χ2v) is 7.35. The molecule has 0 aliphatic carbocycles. The SMILES string of the molecule is Cc1cc(C)cc(NC(=O)CN2NC3N(CCN3c3ccccc3)C(=O)C2=O)c1. The molecule has 1 atom stereocenters. The standard InChI is InChI=1S/C21H23N5O3/c1-14-10-15(2)12-16(11-14)22-18(27)13-26-20(29)19(28)25-9-8-24(21(25)23-26)17-6-4-3-5-7-17/h3-7,10-12,21,23H,8-9,13H2,1-2H3,(H,22,27). The number of hydrogen-bond donors (Lipinski definition) is 2. The molecule has 150 valence electrons. The van der Waals surface area contributed by atoms with Crippen LogP contribution >= 0.6 is 0 Å². The van der Waals surface area contributed by atoms with Crippen LogP contribution in [0.15, 0.2) is 48.5 Å². The summed E-state index contributed by atoms with van der Waals surface area (Å²) in [7, 11) is 0. The fraction of sp³-hybridized carbons (Fsp3) is 0.286. The van der Waals surface area contributed by atoms with E-state index in [1.54, 1.807) is 0 Å². The molecular weight excluding hydrogens is 370 g/mol. The van der Waals surface area contributed by atoms with E-state index in [0.717, 1.165) is 21.8 Å². The smallest absolute Gasteiger partial charge is 0.326 e. The third-order valence-electron chi connectivity index (χ3n) is 5.03. The van der Waals surface area contributed by atoms with E-state index in [1.165, 1.54) is 4.90 Å². The summed E-state index contributed by atoms with van der Waals surface area (Å²) >= 11 is 0. The lowest BCUT2D eigenvalue weighted by atomic mass is 10.1. The minimum atomic E-state index is -0.730. The van der Waals surface area contributed by atoms with Gasteiger partial charge >= 0.3 is 11.8 Å². The maximum atomic E-state index is 12.6. The van der Waals surface area contributed by atoms with Crippen LogP contribution in [0.5, 0.6) is 0 Å². The van der Waals surface area contributed by atoms with Gasteiger partial charge in [0.2, 0.25) is 5.91 Å². The molecule has 2 N–H and O–H groups in total. The number of para-hydroxylation sites is 1. The van der Waals surface area contributed by atoms with E-state index in [1.807, 2.05) is 67.3 Å². The maximum absolute atomic E-state index is 12.6. The molecule has 4 rings (SSSR count). The van der Waals surface area contributed by atoms with Crippen LogP contribution < -0.4 is 15.6 Å². The number of aryl methyl sites for hydroxylation is 2. The second-order valence-electron chi connectivity index (χ2n) is 7.35. The first kappa shape index (κ1) is 18.9. The number of benzene rings is 2. The molecule has 0 aromatic heterocycles. The first-order valence-corrected chi connectivity index (χ1v) is 9.51. The average Bonchev–Trinajstić information content (AvgIpc) is 3.09. The molecule has 3 amide bonds. The van der Waals surface area contributed by atoms with E-state index in [-0.39, 0.29) is 12.5 Å². The van der Waals surface area contributed by atoms with Crippen molar-refractivity contribution in [1.82, 2.24) is 15.3 Å². The number of nitrogens with one attached hydrogen (secondary N) is 2. The third kappa shape index (κ3) is 3.79. The normalized spacial score (nSPS) is 18.8. The highest BCUT2D eigenvalue weighted by Gasteiger charge is 2.45. The lowest BCUT2D eigenvalue weighted by molar-refractivity contribution is -0.163. The number of rotatable bonds is 4. The Hall–Kier alpha value is -3.39. The predicted octanol–water partition coefficient (Wildman–Crippen LogP) is 1.22. The Labute approximate surface area is 169 Å². The van der Waals surface area contributed by atoms with Gasteiger partial charge in [-0.05, 0) is 49.2 Å². The highest BCUT2D eigenvalue weighted by molar-refractivity contribution is 6.35. The number of hydrogen-bond acceptors (Lipinski definition) is 5. The second kappa shape index (κ2) is 7.56. The monoisotopic (exact) mass is 393 g/mol. The molecular formula is C21H23N5O3. The van der Waals surface area contributed by atoms with E-state index in [9.17, 15) is 14.4 Å². The van der Waals surface area contributed by atoms with Crippen molar-refractivity contribution in [3.63, 3.8) is 0 Å². The molecule has 8 nitrogen and oxygen atoms in total. The van der Waals surface area contributed by atoms with Crippen molar-refractivity contribution in [2.24, 2.45) is 0 Å². The quantitative estimate of drug-likeness (QED) is 0.763. The van der Waals surface area contributed by atoms with Gasteiger partial charge in [0.1, 0.15) is 6.54 Å². The van der Waals surface area contributed by atoms with Crippen molar-refractivity contribution in [3.8, 4) is 0 Å². The zero-order valence-electron chi connectivity index (χ0n) is 16.4. The van der Waals surface area contributed by atoms with Gasteiger partial charge in [-0.3, -0.25) is 24.3 Å². The van der Waals surface area contributed by atoms with Gasteiger partial charge in [-0.15, -0.1) is 0 Å². The summed E-state index contributed by atoms with van der Waals surface area (Å²) in [5.74, 6) is -1.71. The van der Waals surface area contributed by atoms with Crippen LogP contribution in [0.3, 0.4) is 0 Å². The first-order chi connectivity index (χ1) is 13.9. The number of carbonyl (C=O) groups is 3. The molecule has 0 radical (unpaired) electrons. The Morgan fingerprint density at radius 1 is 1.00 bits per heavy atom. The summed E-state index contributed by atoms with van der Waals surface area (Å²) in [6.45, 7) is 4.68. The van der Waals surface area contributed by atoms with Crippen LogP contribution in [0.25, 0.3) is 0 Å². The van der Waals surface area contributed by atoms with Crippen LogP contribution in [-0.4, -0.2) is 53.6 Å². The van der Waals surface area contributed by atoms with Gasteiger partial charge in [0.15, 0.2) is 6.29 Å². The molecule has 0 saturated carbocycles. The number of anilines is 2. The summed E-state index contributed by atoms with van der Waals surface area (Å²) in [5.41, 5.74) is 6.70. The fourth-order valence-electron chi connectivity index (χ4n) is 3.81. The lowest BCUT2D eigenvalue weighted by Gasteiger charge is -2.40. The van der Waals surface area contributed by atoms with E-state index < -0.39 is 18.1 Å². The third-order valence-corrected chi connectivity index (χ3v) is 5.03. The van der Waals surface area contributed by atoms with Gasteiger partial charge in [0.05, 0.1) is 0 Å². The van der Waals surface area contributed by atoms with Gasteiger partial charge < -0.3 is 10.2 Å². The number of amides is 3. The van der Waals surface area contributed by atoms with Crippen molar-refractivity contribution in [2.75, 3.05) is 29.9 Å². The summed E-state index contributed by atoms with van der Waals surface area (Å²) < 4.78 is 0. The minimum Gasteiger partial charge on any atom is -0.336 e. The van der Waals surface area contributed by atoms with E-state index >= 15 is 0 Å². The van der Waals surface area contributed by atoms with Crippen molar-refractivity contribution >= 4 is 29.1 Å². The Morgan fingerprint density at radius 3 is 2.34 bits per heavy atom. The number of nitrogens with zero attached hydrogens (tertiary/aromatic N) is 3. The molecule has 2 aliphatic heterocycles. The molecule has 8 heteroatoms. The van der Waals surface area contributed by atoms with Gasteiger partial charge in [0.25, 0.3) is 0 Å². The molecule has 2 aromatic rings. The minimum absolute atomic E-state index is 0.259. The topological polar surface area (TPSA) is 85.0 Å². The summed E-state index contributed by atoms with van der Waals surface area (Å²) in [6, 6.07) is 15.4. The number of carbonyl (C=O) groups excluding carboxylic acids is 3. The zero-order chi connectivity index (χ0) is 20.5. The molecule has 2 aliphatic rings. The fourth-order valence-corrected chi connectivity index (χ4v) is 3.81. The molecule has 2 saturated heterocycles. The molecule has 0 bridgehead atoms. The summed E-state index contributed by atoms with van der Waals surface area (Å²) in [6.07, 6.45) is -0.503. The highest BCUT2D eigenvalue weighted by atomic mass is 16.2. The molecule has 2 aromatic carbocycles. The molecule has 29 heavy (non-hydrogen) atoms. The van der Waals surface area contributed by atoms with E-state index in [4.69, 9.17) is 0 Å². The Kier molecular flexibility index (Phi) is 4.94. The molecule has 2 heterocycles. The van der Waals surface area contributed by atoms with Gasteiger partial charge in [-0.25, -0.2) is 0 Å². The van der Waals surface area contributed by atoms with Crippen molar-refractivity contribution in [1.29, 1.82) is 0 Å². The van der Waals surface area contributed by atoms with Crippen molar-refractivity contribution in [3.05, 3.63) is 59.7 Å². The van der Waals surface area contributed by atoms with Gasteiger partial charge in [-0.1, -0.05) is 24.3 Å². The average molecular weight is 393 g/mol. The summed E-state index contributed by atoms with van der Waals surface area (Å²) in [5, 5.41) is 3.90. The zero-order valence-corrected chi connectivity index (χ0v) is 16.4. The maximum Gasteiger partial charge on any atom is 0.326 e. The van der Waals surface area contributed by atoms with Gasteiger partial charge in [-0.2, -0.15) is 5.43 Å². The van der Waals surface area contributed by atoms with Crippen molar-refractivity contribution in [2.45, 2.75) is 20.1 Å². The van der Waals surface area contributed by atoms with Crippen molar-refractivity contribution < 1.29 is 14.4 Å². The lowest BCUT2D eigenvalue weighted by Crippen LogP contribution is -2.68. The van der Waals surface area contributed by atoms with Crippen LogP contribution in [0, 0.1) is 13.8 Å². The van der Waals surface area contributed by atoms with Crippen LogP contribution in [0.4, 0.5) is 11.4 Å². The molecule has 2 fully saturated rings. The predicted molar refractivity (Wildman–Crippen MR) is 109 cm³/mol. The summed E-state index contributed by atoms with van der Waals surface area (Å²) in [4.78, 5) is 41.0. The van der Waals surface area contributed by atoms with Crippen LogP contribution in [0.1, 0.15) is 11.1 Å². The van der Waals surface area contributed by atoms with Gasteiger partial charge in [0, 0.05) is 24.5 Å². The van der Waals surface area contributed by atoms with Crippen LogP contribution in [-0.2, 0) is 14.4 Å². The largest absolute Gasteiger partial charge is 0.336 e. The van der Waals surface area contributed by atoms with Crippen LogP contribution in [0.2, 0.25) is 0 Å². The highest BCUT2D eigenvalue weighted by Crippen LogP contribution is 2.24. The number of hydrazine groups is 1. The first-order valence-electron chi connectivity index (χ1n) is 9.51. The number of fused-ring (bicyclic) bond motifs is 1. The molecule has 0 spiro atoms. The Bertz CT molecular complexity index is 942. The Morgan fingerprint density at radius 2 is 1.66 bits per heavy atom. The Balaban J connectivity index is 1.48. The van der Waals surface area contributed by atoms with E-state index in [2.05, 4.69) is 10.7 Å². The van der Waals surface area contributed by atoms with E-state index in [0.29, 0.717) is 18.8 Å².